The van der Waals surface area contributed by atoms with Gasteiger partial charge in [0.1, 0.15) is 0 Å². The topological polar surface area (TPSA) is 63.6 Å². The van der Waals surface area contributed by atoms with Crippen molar-refractivity contribution in [1.82, 2.24) is 0 Å². The quantitative estimate of drug-likeness (QED) is 0.101. The van der Waals surface area contributed by atoms with Crippen molar-refractivity contribution < 1.29 is 17.2 Å². The Kier molecular flexibility index (Phi) is 30.7. The maximum atomic E-state index is 10.2. The van der Waals surface area contributed by atoms with Crippen molar-refractivity contribution in [3.8, 4) is 0 Å². The first-order valence-corrected chi connectivity index (χ1v) is 15.9. The molecule has 0 spiro atoms. The molecule has 178 valence electrons. The Balaban J connectivity index is 0. The molecule has 0 atom stereocenters. The predicted octanol–water partition coefficient (Wildman–Crippen LogP) is 8.22. The molecule has 0 unspecified atom stereocenters. The molecule has 0 saturated heterocycles. The summed E-state index contributed by atoms with van der Waals surface area (Å²) < 4.78 is 34.5. The Bertz CT molecular complexity index is 392. The van der Waals surface area contributed by atoms with Crippen LogP contribution in [0.2, 0.25) is 3.67 Å². The fourth-order valence-electron chi connectivity index (χ4n) is 3.49. The molecule has 0 saturated carbocycles. The number of hydrogen-bond donors (Lipinski definition) is 1. The average Bonchev–Trinajstić information content (AvgIpc) is 2.70. The van der Waals surface area contributed by atoms with E-state index in [1.165, 1.54) is 141 Å². The summed E-state index contributed by atoms with van der Waals surface area (Å²) in [6.07, 6.45) is 26.6. The van der Waals surface area contributed by atoms with Crippen LogP contribution in [0, 0.1) is 0 Å². The first-order chi connectivity index (χ1) is 14.5. The third-order valence-electron chi connectivity index (χ3n) is 5.44. The maximum absolute atomic E-state index is 10.2. The third-order valence-corrected chi connectivity index (χ3v) is 6.61. The summed E-state index contributed by atoms with van der Waals surface area (Å²) in [5, 5.41) is 0. The molecule has 0 aromatic rings. The molecule has 0 aromatic carbocycles. The van der Waals surface area contributed by atoms with E-state index in [4.69, 9.17) is 4.55 Å². The molecule has 0 aliphatic rings. The summed E-state index contributed by atoms with van der Waals surface area (Å²) in [5.74, 6) is 0. The molecule has 6 heteroatoms. The van der Waals surface area contributed by atoms with Crippen LogP contribution in [0.1, 0.15) is 142 Å². The molecule has 4 nitrogen and oxygen atoms in total. The number of rotatable bonds is 22. The van der Waals surface area contributed by atoms with Crippen LogP contribution in [-0.4, -0.2) is 47.5 Å². The molecule has 0 aliphatic carbocycles. The van der Waals surface area contributed by atoms with Crippen LogP contribution in [0.25, 0.3) is 0 Å². The second-order valence-electron chi connectivity index (χ2n) is 8.61. The first kappa shape index (κ1) is 33.0. The van der Waals surface area contributed by atoms with Crippen molar-refractivity contribution >= 4 is 38.3 Å². The van der Waals surface area contributed by atoms with Crippen molar-refractivity contribution in [2.75, 3.05) is 6.61 Å². The van der Waals surface area contributed by atoms with Gasteiger partial charge in [-0.3, -0.25) is 4.55 Å². The molecule has 0 amide bonds. The van der Waals surface area contributed by atoms with Gasteiger partial charge in [-0.15, -0.1) is 0 Å². The van der Waals surface area contributed by atoms with E-state index < -0.39 is 10.4 Å². The van der Waals surface area contributed by atoms with E-state index in [9.17, 15) is 8.42 Å². The number of unbranched alkanes of at least 4 members (excludes halogenated alkanes) is 18. The Labute approximate surface area is 207 Å². The minimum absolute atomic E-state index is 0.0926. The SMILES string of the molecule is CCCCCCCCCCCCOS(=O)(=O)O.CCCCCCCCCCC[CH2][Na]. The van der Waals surface area contributed by atoms with Gasteiger partial charge in [-0.2, -0.15) is 8.42 Å². The Hall–Kier alpha value is 0.870. The molecule has 30 heavy (non-hydrogen) atoms. The minimum atomic E-state index is -4.23. The normalized spacial score (nSPS) is 11.4. The molecular weight excluding hydrogens is 407 g/mol. The Morgan fingerprint density at radius 3 is 1.17 bits per heavy atom. The zero-order chi connectivity index (χ0) is 22.8. The van der Waals surface area contributed by atoms with E-state index in [0.29, 0.717) is 6.42 Å². The van der Waals surface area contributed by atoms with Crippen molar-refractivity contribution in [3.63, 3.8) is 0 Å². The van der Waals surface area contributed by atoms with Crippen molar-refractivity contribution in [1.29, 1.82) is 0 Å². The van der Waals surface area contributed by atoms with Crippen LogP contribution in [0.4, 0.5) is 0 Å². The van der Waals surface area contributed by atoms with Gasteiger partial charge >= 0.3 is 113 Å². The van der Waals surface area contributed by atoms with E-state index in [0.717, 1.165) is 12.8 Å². The summed E-state index contributed by atoms with van der Waals surface area (Å²) in [6, 6.07) is 0. The summed E-state index contributed by atoms with van der Waals surface area (Å²) >= 11 is 1.41. The Morgan fingerprint density at radius 2 is 0.867 bits per heavy atom. The van der Waals surface area contributed by atoms with Gasteiger partial charge in [-0.05, 0) is 6.42 Å². The van der Waals surface area contributed by atoms with E-state index >= 15 is 0 Å². The van der Waals surface area contributed by atoms with Crippen LogP contribution in [-0.2, 0) is 14.6 Å². The molecule has 1 N–H and O–H groups in total. The zero-order valence-electron chi connectivity index (χ0n) is 20.6. The first-order valence-electron chi connectivity index (χ1n) is 13.1. The van der Waals surface area contributed by atoms with Gasteiger partial charge < -0.3 is 0 Å². The summed E-state index contributed by atoms with van der Waals surface area (Å²) in [5.41, 5.74) is 0. The third kappa shape index (κ3) is 36.3. The van der Waals surface area contributed by atoms with E-state index in [-0.39, 0.29) is 6.61 Å². The fraction of sp³-hybridized carbons (Fsp3) is 1.00. The summed E-state index contributed by atoms with van der Waals surface area (Å²) in [6.45, 7) is 4.60. The fourth-order valence-corrected chi connectivity index (χ4v) is 4.32. The van der Waals surface area contributed by atoms with E-state index in [1.807, 2.05) is 0 Å². The molecule has 0 bridgehead atoms. The van der Waals surface area contributed by atoms with Crippen LogP contribution in [0.5, 0.6) is 0 Å². The Morgan fingerprint density at radius 1 is 0.567 bits per heavy atom. The van der Waals surface area contributed by atoms with Gasteiger partial charge in [-0.25, -0.2) is 4.18 Å². The average molecular weight is 459 g/mol. The molecule has 0 rings (SSSR count). The van der Waals surface area contributed by atoms with Crippen LogP contribution in [0.3, 0.4) is 0 Å². The van der Waals surface area contributed by atoms with Crippen molar-refractivity contribution in [2.45, 2.75) is 146 Å². The van der Waals surface area contributed by atoms with Crippen LogP contribution < -0.4 is 0 Å². The van der Waals surface area contributed by atoms with Crippen molar-refractivity contribution in [3.05, 3.63) is 0 Å². The van der Waals surface area contributed by atoms with Gasteiger partial charge in [0.05, 0.1) is 6.61 Å². The molecule has 0 aliphatic heterocycles. The van der Waals surface area contributed by atoms with Crippen molar-refractivity contribution in [2.24, 2.45) is 0 Å². The van der Waals surface area contributed by atoms with Gasteiger partial charge in [0.15, 0.2) is 0 Å². The van der Waals surface area contributed by atoms with Gasteiger partial charge in [0, 0.05) is 0 Å². The zero-order valence-corrected chi connectivity index (χ0v) is 23.5. The summed E-state index contributed by atoms with van der Waals surface area (Å²) in [4.78, 5) is 0. The molecular formula is C24H51NaO4S. The van der Waals surface area contributed by atoms with Crippen LogP contribution in [0.15, 0.2) is 0 Å². The van der Waals surface area contributed by atoms with Gasteiger partial charge in [0.2, 0.25) is 0 Å². The molecule has 0 aromatic heterocycles. The molecule has 0 heterocycles. The van der Waals surface area contributed by atoms with Crippen LogP contribution >= 0.6 is 0 Å². The standard InChI is InChI=1S/C12H26O4S.C12H25.Na/c1-2-3-4-5-6-7-8-9-10-11-12-16-17(13,14)15;1-3-5-7-9-11-12-10-8-6-4-2;/h2-12H2,1H3,(H,13,14,15);1,3-12H2,2H3;. The van der Waals surface area contributed by atoms with Gasteiger partial charge in [-0.1, -0.05) is 64.7 Å². The summed E-state index contributed by atoms with van der Waals surface area (Å²) in [7, 11) is -4.23. The van der Waals surface area contributed by atoms with E-state index in [2.05, 4.69) is 18.0 Å². The van der Waals surface area contributed by atoms with E-state index in [1.54, 1.807) is 0 Å². The predicted molar refractivity (Wildman–Crippen MR) is 132 cm³/mol. The molecule has 0 fully saturated rings. The second kappa shape index (κ2) is 27.9. The molecule has 0 radical (unpaired) electrons. The van der Waals surface area contributed by atoms with Gasteiger partial charge in [0.25, 0.3) is 0 Å². The monoisotopic (exact) mass is 458 g/mol. The number of hydrogen-bond acceptors (Lipinski definition) is 3. The second-order valence-corrected chi connectivity index (χ2v) is 10.7.